The maximum absolute atomic E-state index is 13.2. The van der Waals surface area contributed by atoms with Gasteiger partial charge in [0.05, 0.1) is 23.9 Å². The van der Waals surface area contributed by atoms with Crippen molar-refractivity contribution in [3.05, 3.63) is 77.7 Å². The molecule has 35 heavy (non-hydrogen) atoms. The van der Waals surface area contributed by atoms with Crippen LogP contribution in [0.3, 0.4) is 0 Å². The van der Waals surface area contributed by atoms with E-state index < -0.39 is 0 Å². The predicted molar refractivity (Wildman–Crippen MR) is 136 cm³/mol. The first-order valence-electron chi connectivity index (χ1n) is 12.4. The first kappa shape index (κ1) is 24.7. The van der Waals surface area contributed by atoms with E-state index in [1.807, 2.05) is 36.5 Å². The third kappa shape index (κ3) is 6.36. The molecule has 0 aliphatic heterocycles. The number of benzene rings is 2. The third-order valence-corrected chi connectivity index (χ3v) is 6.77. The van der Waals surface area contributed by atoms with Gasteiger partial charge in [-0.15, -0.1) is 0 Å². The van der Waals surface area contributed by atoms with E-state index in [9.17, 15) is 9.59 Å². The Morgan fingerprint density at radius 2 is 1.80 bits per heavy atom. The molecule has 4 N–H and O–H groups in total. The number of aromatic amines is 1. The summed E-state index contributed by atoms with van der Waals surface area (Å²) in [4.78, 5) is 33.2. The lowest BCUT2D eigenvalue weighted by molar-refractivity contribution is -0.127. The minimum Gasteiger partial charge on any atom is -0.462 e. The van der Waals surface area contributed by atoms with Crippen LogP contribution in [0.5, 0.6) is 0 Å². The number of aromatic nitrogens is 2. The van der Waals surface area contributed by atoms with Gasteiger partial charge in [-0.1, -0.05) is 42.5 Å². The number of imidazole rings is 1. The number of carbonyl (C=O) groups excluding carboxylic acids is 2. The Bertz CT molecular complexity index is 1100. The van der Waals surface area contributed by atoms with Crippen molar-refractivity contribution >= 4 is 11.9 Å². The molecule has 7 heteroatoms. The molecule has 1 fully saturated rings. The maximum atomic E-state index is 13.2. The van der Waals surface area contributed by atoms with Crippen LogP contribution < -0.4 is 11.1 Å². The van der Waals surface area contributed by atoms with E-state index in [2.05, 4.69) is 22.4 Å². The molecule has 0 unspecified atom stereocenters. The van der Waals surface area contributed by atoms with Gasteiger partial charge in [-0.3, -0.25) is 4.79 Å². The van der Waals surface area contributed by atoms with Crippen LogP contribution in [0, 0.1) is 11.8 Å². The molecular weight excluding hydrogens is 440 g/mol. The van der Waals surface area contributed by atoms with Gasteiger partial charge in [0.15, 0.2) is 0 Å². The van der Waals surface area contributed by atoms with E-state index in [1.54, 1.807) is 19.1 Å². The molecule has 3 aromatic rings. The van der Waals surface area contributed by atoms with Gasteiger partial charge in [0, 0.05) is 17.7 Å². The quantitative estimate of drug-likeness (QED) is 0.398. The Balaban J connectivity index is 1.50. The molecule has 7 nitrogen and oxygen atoms in total. The van der Waals surface area contributed by atoms with E-state index in [4.69, 9.17) is 15.5 Å². The van der Waals surface area contributed by atoms with E-state index in [1.165, 1.54) is 0 Å². The number of nitrogens with one attached hydrogen (secondary N) is 2. The number of nitrogens with zero attached hydrogens (tertiary/aromatic N) is 1. The summed E-state index contributed by atoms with van der Waals surface area (Å²) in [6, 6.07) is 17.0. The Morgan fingerprint density at radius 1 is 1.09 bits per heavy atom. The molecule has 0 radical (unpaired) electrons. The van der Waals surface area contributed by atoms with Gasteiger partial charge >= 0.3 is 5.97 Å². The molecule has 0 spiro atoms. The van der Waals surface area contributed by atoms with E-state index in [0.717, 1.165) is 42.5 Å². The molecule has 1 aliphatic rings. The molecule has 4 rings (SSSR count). The first-order chi connectivity index (χ1) is 17.1. The second-order valence-electron chi connectivity index (χ2n) is 9.17. The van der Waals surface area contributed by atoms with Crippen LogP contribution >= 0.6 is 0 Å². The largest absolute Gasteiger partial charge is 0.462 e. The van der Waals surface area contributed by atoms with Gasteiger partial charge in [0.25, 0.3) is 0 Å². The van der Waals surface area contributed by atoms with Crippen LogP contribution in [0.25, 0.3) is 11.3 Å². The summed E-state index contributed by atoms with van der Waals surface area (Å²) in [5, 5.41) is 3.26. The highest BCUT2D eigenvalue weighted by molar-refractivity contribution is 5.90. The lowest BCUT2D eigenvalue weighted by Crippen LogP contribution is -2.37. The van der Waals surface area contributed by atoms with E-state index in [0.29, 0.717) is 36.9 Å². The summed E-state index contributed by atoms with van der Waals surface area (Å²) in [6.07, 6.45) is 6.24. The SMILES string of the molecule is CCOC(=O)c1ccc(-c2c[nH]c([C@H](Cc3ccccc3)NC(=O)[C@H]3CC[C@H](CN)CC3)n2)cc1. The van der Waals surface area contributed by atoms with Gasteiger partial charge < -0.3 is 20.8 Å². The van der Waals surface area contributed by atoms with Crippen molar-refractivity contribution in [3.63, 3.8) is 0 Å². The average Bonchev–Trinajstić information content (AvgIpc) is 3.39. The average molecular weight is 475 g/mol. The van der Waals surface area contributed by atoms with Crippen molar-refractivity contribution in [1.29, 1.82) is 0 Å². The Hall–Kier alpha value is -3.45. The van der Waals surface area contributed by atoms with Crippen molar-refractivity contribution in [3.8, 4) is 11.3 Å². The van der Waals surface area contributed by atoms with Crippen molar-refractivity contribution in [2.24, 2.45) is 17.6 Å². The van der Waals surface area contributed by atoms with Gasteiger partial charge in [-0.25, -0.2) is 9.78 Å². The smallest absolute Gasteiger partial charge is 0.338 e. The molecule has 1 aliphatic carbocycles. The monoisotopic (exact) mass is 474 g/mol. The summed E-state index contributed by atoms with van der Waals surface area (Å²) >= 11 is 0. The molecule has 1 amide bonds. The fourth-order valence-electron chi connectivity index (χ4n) is 4.67. The topological polar surface area (TPSA) is 110 Å². The highest BCUT2D eigenvalue weighted by Gasteiger charge is 2.28. The summed E-state index contributed by atoms with van der Waals surface area (Å²) in [5.74, 6) is 0.997. The maximum Gasteiger partial charge on any atom is 0.338 e. The van der Waals surface area contributed by atoms with E-state index in [-0.39, 0.29) is 23.8 Å². The standard InChI is InChI=1S/C28H34N4O3/c1-2-35-28(34)23-14-12-21(13-15-23)25-18-30-26(31-25)24(16-19-6-4-3-5-7-19)32-27(33)22-10-8-20(17-29)9-11-22/h3-7,12-15,18,20,22,24H,2,8-11,16-17,29H2,1H3,(H,30,31)(H,32,33)/t20-,22-,24-/m0/s1. The zero-order chi connectivity index (χ0) is 24.6. The lowest BCUT2D eigenvalue weighted by atomic mass is 9.81. The van der Waals surface area contributed by atoms with Crippen molar-refractivity contribution in [2.45, 2.75) is 45.1 Å². The fourth-order valence-corrected chi connectivity index (χ4v) is 4.67. The lowest BCUT2D eigenvalue weighted by Gasteiger charge is -2.28. The molecule has 1 heterocycles. The summed E-state index contributed by atoms with van der Waals surface area (Å²) in [6.45, 7) is 2.82. The highest BCUT2D eigenvalue weighted by Crippen LogP contribution is 2.29. The van der Waals surface area contributed by atoms with E-state index >= 15 is 0 Å². The number of nitrogens with two attached hydrogens (primary N) is 1. The molecule has 184 valence electrons. The second kappa shape index (κ2) is 11.8. The van der Waals surface area contributed by atoms with Crippen molar-refractivity contribution in [1.82, 2.24) is 15.3 Å². The number of amides is 1. The number of hydrogen-bond acceptors (Lipinski definition) is 5. The Morgan fingerprint density at radius 3 is 2.46 bits per heavy atom. The Kier molecular flexibility index (Phi) is 8.32. The normalized spacial score (nSPS) is 18.6. The summed E-state index contributed by atoms with van der Waals surface area (Å²) in [5.41, 5.74) is 9.08. The molecule has 0 saturated heterocycles. The molecule has 1 atom stereocenters. The molecule has 2 aromatic carbocycles. The molecular formula is C28H34N4O3. The van der Waals surface area contributed by atoms with Crippen LogP contribution in [-0.2, 0) is 16.0 Å². The first-order valence-corrected chi connectivity index (χ1v) is 12.4. The van der Waals surface area contributed by atoms with Crippen LogP contribution in [0.2, 0.25) is 0 Å². The van der Waals surface area contributed by atoms with Crippen LogP contribution in [0.1, 0.15) is 60.4 Å². The molecule has 0 bridgehead atoms. The van der Waals surface area contributed by atoms with Crippen molar-refractivity contribution in [2.75, 3.05) is 13.2 Å². The highest BCUT2D eigenvalue weighted by atomic mass is 16.5. The second-order valence-corrected chi connectivity index (χ2v) is 9.17. The van der Waals surface area contributed by atoms with Gasteiger partial charge in [-0.2, -0.15) is 0 Å². The van der Waals surface area contributed by atoms with Gasteiger partial charge in [0.2, 0.25) is 5.91 Å². The zero-order valence-corrected chi connectivity index (χ0v) is 20.2. The van der Waals surface area contributed by atoms with Crippen molar-refractivity contribution < 1.29 is 14.3 Å². The summed E-state index contributed by atoms with van der Waals surface area (Å²) < 4.78 is 5.06. The number of ether oxygens (including phenoxy) is 1. The van der Waals surface area contributed by atoms with Crippen LogP contribution in [-0.4, -0.2) is 35.0 Å². The number of H-pyrrole nitrogens is 1. The number of esters is 1. The number of carbonyl (C=O) groups is 2. The molecule has 1 aromatic heterocycles. The Labute approximate surface area is 206 Å². The number of hydrogen-bond donors (Lipinski definition) is 3. The van der Waals surface area contributed by atoms with Gasteiger partial charge in [0.1, 0.15) is 5.82 Å². The van der Waals surface area contributed by atoms with Crippen LogP contribution in [0.15, 0.2) is 60.8 Å². The molecule has 1 saturated carbocycles. The minimum atomic E-state index is -0.340. The predicted octanol–water partition coefficient (Wildman–Crippen LogP) is 4.42. The third-order valence-electron chi connectivity index (χ3n) is 6.77. The minimum absolute atomic E-state index is 0.0147. The number of rotatable bonds is 9. The summed E-state index contributed by atoms with van der Waals surface area (Å²) in [7, 11) is 0. The zero-order valence-electron chi connectivity index (χ0n) is 20.2. The van der Waals surface area contributed by atoms with Crippen LogP contribution in [0.4, 0.5) is 0 Å². The van der Waals surface area contributed by atoms with Gasteiger partial charge in [-0.05, 0) is 69.2 Å². The fraction of sp³-hybridized carbons (Fsp3) is 0.393.